The molecule has 0 amide bonds. The third-order valence-electron chi connectivity index (χ3n) is 2.21. The Morgan fingerprint density at radius 3 is 2.81 bits per heavy atom. The van der Waals surface area contributed by atoms with E-state index in [1.54, 1.807) is 6.20 Å². The first-order valence-corrected chi connectivity index (χ1v) is 5.84. The number of hydrogen-bond acceptors (Lipinski definition) is 2. The molecule has 1 heterocycles. The summed E-state index contributed by atoms with van der Waals surface area (Å²) in [6.07, 6.45) is 6.45. The SMILES string of the molecule is CCCCCC#CCOc1ccc(C)cn1. The van der Waals surface area contributed by atoms with Crippen LogP contribution in [0.4, 0.5) is 0 Å². The molecule has 1 aromatic rings. The van der Waals surface area contributed by atoms with E-state index >= 15 is 0 Å². The minimum atomic E-state index is 0.433. The van der Waals surface area contributed by atoms with E-state index in [1.165, 1.54) is 19.3 Å². The zero-order valence-electron chi connectivity index (χ0n) is 10.1. The number of ether oxygens (including phenoxy) is 1. The molecule has 0 fully saturated rings. The third kappa shape index (κ3) is 5.41. The quantitative estimate of drug-likeness (QED) is 0.557. The standard InChI is InChI=1S/C14H19NO/c1-3-4-5-6-7-8-11-16-14-10-9-13(2)12-15-14/h9-10,12H,3-6,11H2,1-2H3. The van der Waals surface area contributed by atoms with Gasteiger partial charge in [-0.05, 0) is 18.9 Å². The number of unbranched alkanes of at least 4 members (excludes halogenated alkanes) is 3. The predicted molar refractivity (Wildman–Crippen MR) is 66.4 cm³/mol. The molecule has 1 aromatic heterocycles. The summed E-state index contributed by atoms with van der Waals surface area (Å²) >= 11 is 0. The summed E-state index contributed by atoms with van der Waals surface area (Å²) in [4.78, 5) is 4.14. The van der Waals surface area contributed by atoms with Gasteiger partial charge in [0, 0.05) is 18.7 Å². The summed E-state index contributed by atoms with van der Waals surface area (Å²) in [5, 5.41) is 0. The van der Waals surface area contributed by atoms with E-state index in [0.717, 1.165) is 12.0 Å². The highest BCUT2D eigenvalue weighted by Gasteiger charge is 1.91. The van der Waals surface area contributed by atoms with Crippen molar-refractivity contribution < 1.29 is 4.74 Å². The summed E-state index contributed by atoms with van der Waals surface area (Å²) in [7, 11) is 0. The molecule has 0 bridgehead atoms. The first-order valence-electron chi connectivity index (χ1n) is 5.84. The van der Waals surface area contributed by atoms with Crippen molar-refractivity contribution in [2.45, 2.75) is 39.5 Å². The molecular weight excluding hydrogens is 198 g/mol. The zero-order valence-corrected chi connectivity index (χ0v) is 10.1. The van der Waals surface area contributed by atoms with Crippen LogP contribution in [-0.4, -0.2) is 11.6 Å². The van der Waals surface area contributed by atoms with Crippen molar-refractivity contribution in [3.8, 4) is 17.7 Å². The summed E-state index contributed by atoms with van der Waals surface area (Å²) in [5.74, 6) is 6.74. The van der Waals surface area contributed by atoms with E-state index in [2.05, 4.69) is 23.7 Å². The van der Waals surface area contributed by atoms with Crippen molar-refractivity contribution in [3.05, 3.63) is 23.9 Å². The van der Waals surface area contributed by atoms with Gasteiger partial charge in [-0.1, -0.05) is 37.7 Å². The Hall–Kier alpha value is -1.49. The average Bonchev–Trinajstić information content (AvgIpc) is 2.30. The van der Waals surface area contributed by atoms with Crippen LogP contribution < -0.4 is 4.74 Å². The maximum atomic E-state index is 5.38. The molecule has 2 nitrogen and oxygen atoms in total. The maximum absolute atomic E-state index is 5.38. The second-order valence-corrected chi connectivity index (χ2v) is 3.77. The number of nitrogens with zero attached hydrogens (tertiary/aromatic N) is 1. The molecule has 0 aliphatic rings. The van der Waals surface area contributed by atoms with Crippen molar-refractivity contribution in [2.75, 3.05) is 6.61 Å². The lowest BCUT2D eigenvalue weighted by molar-refractivity contribution is 0.355. The van der Waals surface area contributed by atoms with Crippen molar-refractivity contribution in [1.82, 2.24) is 4.98 Å². The molecule has 0 atom stereocenters. The molecule has 0 saturated heterocycles. The van der Waals surface area contributed by atoms with Crippen LogP contribution in [0.25, 0.3) is 0 Å². The van der Waals surface area contributed by atoms with E-state index in [-0.39, 0.29) is 0 Å². The lowest BCUT2D eigenvalue weighted by Gasteiger charge is -1.99. The molecule has 2 heteroatoms. The highest BCUT2D eigenvalue weighted by atomic mass is 16.5. The maximum Gasteiger partial charge on any atom is 0.214 e. The Morgan fingerprint density at radius 2 is 2.12 bits per heavy atom. The van der Waals surface area contributed by atoms with Crippen LogP contribution >= 0.6 is 0 Å². The first-order chi connectivity index (χ1) is 7.83. The van der Waals surface area contributed by atoms with E-state index in [9.17, 15) is 0 Å². The zero-order chi connectivity index (χ0) is 11.6. The van der Waals surface area contributed by atoms with Gasteiger partial charge < -0.3 is 4.74 Å². The van der Waals surface area contributed by atoms with Gasteiger partial charge in [0.25, 0.3) is 0 Å². The van der Waals surface area contributed by atoms with Crippen LogP contribution in [0.5, 0.6) is 5.88 Å². The largest absolute Gasteiger partial charge is 0.464 e. The van der Waals surface area contributed by atoms with Gasteiger partial charge >= 0.3 is 0 Å². The summed E-state index contributed by atoms with van der Waals surface area (Å²) in [6.45, 7) is 4.63. The van der Waals surface area contributed by atoms with Crippen LogP contribution in [0.2, 0.25) is 0 Å². The molecule has 0 spiro atoms. The van der Waals surface area contributed by atoms with Gasteiger partial charge in [0.1, 0.15) is 0 Å². The molecule has 0 N–H and O–H groups in total. The van der Waals surface area contributed by atoms with Crippen molar-refractivity contribution in [3.63, 3.8) is 0 Å². The lowest BCUT2D eigenvalue weighted by Crippen LogP contribution is -1.95. The molecule has 1 rings (SSSR count). The molecule has 0 saturated carbocycles. The molecule has 0 radical (unpaired) electrons. The monoisotopic (exact) mass is 217 g/mol. The Labute approximate surface area is 98.0 Å². The smallest absolute Gasteiger partial charge is 0.214 e. The van der Waals surface area contributed by atoms with Crippen molar-refractivity contribution in [2.24, 2.45) is 0 Å². The van der Waals surface area contributed by atoms with Gasteiger partial charge in [-0.2, -0.15) is 0 Å². The second kappa shape index (κ2) is 7.76. The van der Waals surface area contributed by atoms with Gasteiger partial charge in [-0.3, -0.25) is 0 Å². The van der Waals surface area contributed by atoms with E-state index in [4.69, 9.17) is 4.74 Å². The van der Waals surface area contributed by atoms with Crippen LogP contribution in [0, 0.1) is 18.8 Å². The topological polar surface area (TPSA) is 22.1 Å². The predicted octanol–water partition coefficient (Wildman–Crippen LogP) is 3.35. The summed E-state index contributed by atoms with van der Waals surface area (Å²) < 4.78 is 5.38. The number of pyridine rings is 1. The van der Waals surface area contributed by atoms with Crippen LogP contribution in [0.1, 0.15) is 38.2 Å². The van der Waals surface area contributed by atoms with Gasteiger partial charge in [0.2, 0.25) is 5.88 Å². The molecule has 16 heavy (non-hydrogen) atoms. The normalized spacial score (nSPS) is 9.38. The Bertz CT molecular complexity index is 345. The van der Waals surface area contributed by atoms with Gasteiger partial charge in [-0.25, -0.2) is 4.98 Å². The van der Waals surface area contributed by atoms with Crippen LogP contribution in [0.3, 0.4) is 0 Å². The fraction of sp³-hybridized carbons (Fsp3) is 0.500. The minimum absolute atomic E-state index is 0.433. The Balaban J connectivity index is 2.17. The third-order valence-corrected chi connectivity index (χ3v) is 2.21. The molecular formula is C14H19NO. The number of aromatic nitrogens is 1. The van der Waals surface area contributed by atoms with Gasteiger partial charge in [0.15, 0.2) is 6.61 Å². The first kappa shape index (κ1) is 12.6. The number of rotatable bonds is 5. The average molecular weight is 217 g/mol. The number of aryl methyl sites for hydroxylation is 1. The number of hydrogen-bond donors (Lipinski definition) is 0. The highest BCUT2D eigenvalue weighted by molar-refractivity contribution is 5.16. The Morgan fingerprint density at radius 1 is 1.25 bits per heavy atom. The van der Waals surface area contributed by atoms with E-state index in [1.807, 2.05) is 19.1 Å². The highest BCUT2D eigenvalue weighted by Crippen LogP contribution is 2.05. The van der Waals surface area contributed by atoms with Crippen LogP contribution in [-0.2, 0) is 0 Å². The molecule has 0 unspecified atom stereocenters. The fourth-order valence-electron chi connectivity index (χ4n) is 1.25. The van der Waals surface area contributed by atoms with Crippen molar-refractivity contribution >= 4 is 0 Å². The lowest BCUT2D eigenvalue weighted by atomic mass is 10.2. The van der Waals surface area contributed by atoms with Crippen molar-refractivity contribution in [1.29, 1.82) is 0 Å². The molecule has 0 aliphatic carbocycles. The summed E-state index contributed by atoms with van der Waals surface area (Å²) in [6, 6.07) is 3.85. The van der Waals surface area contributed by atoms with Crippen LogP contribution in [0.15, 0.2) is 18.3 Å². The minimum Gasteiger partial charge on any atom is -0.464 e. The fourth-order valence-corrected chi connectivity index (χ4v) is 1.25. The molecule has 0 aliphatic heterocycles. The van der Waals surface area contributed by atoms with E-state index < -0.39 is 0 Å². The molecule has 0 aromatic carbocycles. The second-order valence-electron chi connectivity index (χ2n) is 3.77. The summed E-state index contributed by atoms with van der Waals surface area (Å²) in [5.41, 5.74) is 1.14. The van der Waals surface area contributed by atoms with Gasteiger partial charge in [0.05, 0.1) is 0 Å². The Kier molecular flexibility index (Phi) is 6.10. The van der Waals surface area contributed by atoms with E-state index in [0.29, 0.717) is 12.5 Å². The molecule has 86 valence electrons. The van der Waals surface area contributed by atoms with Gasteiger partial charge in [-0.15, -0.1) is 0 Å².